The van der Waals surface area contributed by atoms with Crippen molar-refractivity contribution >= 4 is 28.7 Å². The van der Waals surface area contributed by atoms with Gasteiger partial charge >= 0.3 is 0 Å². The summed E-state index contributed by atoms with van der Waals surface area (Å²) >= 11 is 5.70. The number of carbonyl (C=O) groups is 3. The third kappa shape index (κ3) is 2.38. The van der Waals surface area contributed by atoms with Crippen LogP contribution in [0.2, 0.25) is 0 Å². The van der Waals surface area contributed by atoms with E-state index in [0.717, 1.165) is 30.6 Å². The van der Waals surface area contributed by atoms with Gasteiger partial charge in [-0.1, -0.05) is 43.2 Å². The van der Waals surface area contributed by atoms with Gasteiger partial charge in [0.1, 0.15) is 6.04 Å². The minimum atomic E-state index is -1.00. The average Bonchev–Trinajstić information content (AvgIpc) is 2.74. The van der Waals surface area contributed by atoms with E-state index in [4.69, 9.17) is 11.6 Å². The van der Waals surface area contributed by atoms with Gasteiger partial charge in [0, 0.05) is 0 Å². The molecule has 4 nitrogen and oxygen atoms in total. The Morgan fingerprint density at radius 2 is 1.57 bits per heavy atom. The SMILES string of the molecule is O=C(Cl)C(c1ccccc1)N1C(=O)C2CCCCC2C1=O. The standard InChI is InChI=1S/C16H16ClNO3/c17-14(19)13(10-6-2-1-3-7-10)18-15(20)11-8-4-5-9-12(11)16(18)21/h1-3,6-7,11-13H,4-5,8-9H2. The van der Waals surface area contributed by atoms with E-state index in [2.05, 4.69) is 0 Å². The maximum atomic E-state index is 12.6. The second-order valence-electron chi connectivity index (χ2n) is 5.66. The first kappa shape index (κ1) is 14.3. The first-order valence-corrected chi connectivity index (χ1v) is 7.60. The molecular formula is C16H16ClNO3. The quantitative estimate of drug-likeness (QED) is 0.637. The van der Waals surface area contributed by atoms with Crippen LogP contribution >= 0.6 is 11.6 Å². The summed E-state index contributed by atoms with van der Waals surface area (Å²) in [5, 5.41) is -0.693. The largest absolute Gasteiger partial charge is 0.279 e. The van der Waals surface area contributed by atoms with E-state index in [1.165, 1.54) is 0 Å². The summed E-state index contributed by atoms with van der Waals surface area (Å²) < 4.78 is 0. The van der Waals surface area contributed by atoms with Crippen LogP contribution in [0.3, 0.4) is 0 Å². The van der Waals surface area contributed by atoms with Gasteiger partial charge in [0.15, 0.2) is 0 Å². The zero-order chi connectivity index (χ0) is 15.0. The molecule has 1 heterocycles. The van der Waals surface area contributed by atoms with Crippen LogP contribution in [0, 0.1) is 11.8 Å². The van der Waals surface area contributed by atoms with Gasteiger partial charge in [-0.15, -0.1) is 0 Å². The number of hydrogen-bond donors (Lipinski definition) is 0. The van der Waals surface area contributed by atoms with Crippen LogP contribution in [-0.4, -0.2) is 22.0 Å². The molecule has 5 heteroatoms. The highest BCUT2D eigenvalue weighted by molar-refractivity contribution is 6.65. The molecule has 0 radical (unpaired) electrons. The van der Waals surface area contributed by atoms with Gasteiger partial charge < -0.3 is 0 Å². The van der Waals surface area contributed by atoms with E-state index >= 15 is 0 Å². The Labute approximate surface area is 128 Å². The highest BCUT2D eigenvalue weighted by Gasteiger charge is 2.51. The fraction of sp³-hybridized carbons (Fsp3) is 0.438. The molecule has 110 valence electrons. The second-order valence-corrected chi connectivity index (χ2v) is 6.03. The van der Waals surface area contributed by atoms with Crippen molar-refractivity contribution in [3.8, 4) is 0 Å². The summed E-state index contributed by atoms with van der Waals surface area (Å²) in [6, 6.07) is 7.77. The van der Waals surface area contributed by atoms with E-state index in [0.29, 0.717) is 5.56 Å². The molecule has 3 rings (SSSR count). The van der Waals surface area contributed by atoms with Crippen LogP contribution in [0.25, 0.3) is 0 Å². The molecule has 0 N–H and O–H groups in total. The molecule has 1 aromatic carbocycles. The zero-order valence-electron chi connectivity index (χ0n) is 11.5. The number of halogens is 1. The smallest absolute Gasteiger partial charge is 0.249 e. The first-order valence-electron chi connectivity index (χ1n) is 7.22. The van der Waals surface area contributed by atoms with Crippen molar-refractivity contribution in [1.29, 1.82) is 0 Å². The van der Waals surface area contributed by atoms with Crippen molar-refractivity contribution in [2.24, 2.45) is 11.8 Å². The fourth-order valence-corrected chi connectivity index (χ4v) is 3.68. The Bertz CT molecular complexity index is 562. The number of rotatable bonds is 3. The average molecular weight is 306 g/mol. The molecule has 21 heavy (non-hydrogen) atoms. The Hall–Kier alpha value is -1.68. The molecule has 3 atom stereocenters. The normalized spacial score (nSPS) is 26.6. The van der Waals surface area contributed by atoms with Crippen LogP contribution in [0.4, 0.5) is 0 Å². The van der Waals surface area contributed by atoms with Crippen LogP contribution in [0.15, 0.2) is 30.3 Å². The number of likely N-dealkylation sites (tertiary alicyclic amines) is 1. The third-order valence-corrected chi connectivity index (χ3v) is 4.67. The maximum Gasteiger partial charge on any atom is 0.249 e. The number of amides is 2. The van der Waals surface area contributed by atoms with Gasteiger partial charge in [-0.3, -0.25) is 19.3 Å². The second kappa shape index (κ2) is 5.60. The number of benzene rings is 1. The topological polar surface area (TPSA) is 54.5 Å². The van der Waals surface area contributed by atoms with Gasteiger partial charge in [-0.2, -0.15) is 0 Å². The van der Waals surface area contributed by atoms with E-state index < -0.39 is 11.3 Å². The predicted molar refractivity (Wildman–Crippen MR) is 77.3 cm³/mol. The van der Waals surface area contributed by atoms with Crippen molar-refractivity contribution in [1.82, 2.24) is 4.90 Å². The first-order chi connectivity index (χ1) is 10.1. The summed E-state index contributed by atoms with van der Waals surface area (Å²) in [6.07, 6.45) is 3.37. The molecular weight excluding hydrogens is 290 g/mol. The molecule has 1 aliphatic carbocycles. The van der Waals surface area contributed by atoms with Crippen molar-refractivity contribution in [2.75, 3.05) is 0 Å². The van der Waals surface area contributed by atoms with Gasteiger partial charge in [-0.25, -0.2) is 0 Å². The minimum Gasteiger partial charge on any atom is -0.279 e. The Morgan fingerprint density at radius 3 is 2.05 bits per heavy atom. The molecule has 3 unspecified atom stereocenters. The number of imide groups is 1. The highest BCUT2D eigenvalue weighted by Crippen LogP contribution is 2.41. The molecule has 1 aliphatic heterocycles. The lowest BCUT2D eigenvalue weighted by Gasteiger charge is -2.23. The maximum absolute atomic E-state index is 12.6. The molecule has 0 aromatic heterocycles. The monoisotopic (exact) mass is 305 g/mol. The molecule has 0 spiro atoms. The fourth-order valence-electron chi connectivity index (χ4n) is 3.46. The minimum absolute atomic E-state index is 0.243. The van der Waals surface area contributed by atoms with Crippen LogP contribution < -0.4 is 0 Å². The molecule has 1 aromatic rings. The lowest BCUT2D eigenvalue weighted by atomic mass is 9.81. The predicted octanol–water partition coefficient (Wildman–Crippen LogP) is 2.67. The zero-order valence-corrected chi connectivity index (χ0v) is 12.3. The van der Waals surface area contributed by atoms with E-state index in [1.54, 1.807) is 24.3 Å². The van der Waals surface area contributed by atoms with Crippen LogP contribution in [0.5, 0.6) is 0 Å². The molecule has 1 saturated carbocycles. The Balaban J connectivity index is 1.98. The van der Waals surface area contributed by atoms with Crippen LogP contribution in [0.1, 0.15) is 37.3 Å². The number of nitrogens with zero attached hydrogens (tertiary/aromatic N) is 1. The highest BCUT2D eigenvalue weighted by atomic mass is 35.5. The number of hydrogen-bond acceptors (Lipinski definition) is 3. The van der Waals surface area contributed by atoms with E-state index in [9.17, 15) is 14.4 Å². The Kier molecular flexibility index (Phi) is 3.81. The molecule has 2 aliphatic rings. The summed E-state index contributed by atoms with van der Waals surface area (Å²) in [4.78, 5) is 38.1. The molecule has 2 fully saturated rings. The molecule has 0 bridgehead atoms. The summed E-state index contributed by atoms with van der Waals surface area (Å²) in [7, 11) is 0. The van der Waals surface area contributed by atoms with Crippen LogP contribution in [-0.2, 0) is 14.4 Å². The Morgan fingerprint density at radius 1 is 1.05 bits per heavy atom. The summed E-state index contributed by atoms with van der Waals surface area (Å²) in [5.74, 6) is -1.03. The van der Waals surface area contributed by atoms with Gasteiger partial charge in [0.25, 0.3) is 0 Å². The lowest BCUT2D eigenvalue weighted by molar-refractivity contribution is -0.145. The summed E-state index contributed by atoms with van der Waals surface area (Å²) in [5.41, 5.74) is 0.581. The lowest BCUT2D eigenvalue weighted by Crippen LogP contribution is -2.38. The number of fused-ring (bicyclic) bond motifs is 1. The van der Waals surface area contributed by atoms with Crippen molar-refractivity contribution in [3.63, 3.8) is 0 Å². The molecule has 2 amide bonds. The van der Waals surface area contributed by atoms with E-state index in [-0.39, 0.29) is 23.7 Å². The van der Waals surface area contributed by atoms with Gasteiger partial charge in [-0.05, 0) is 30.0 Å². The van der Waals surface area contributed by atoms with E-state index in [1.807, 2.05) is 6.07 Å². The third-order valence-electron chi connectivity index (χ3n) is 4.46. The van der Waals surface area contributed by atoms with Crippen molar-refractivity contribution in [3.05, 3.63) is 35.9 Å². The summed E-state index contributed by atoms with van der Waals surface area (Å²) in [6.45, 7) is 0. The van der Waals surface area contributed by atoms with Crippen molar-refractivity contribution < 1.29 is 14.4 Å². The van der Waals surface area contributed by atoms with Crippen molar-refractivity contribution in [2.45, 2.75) is 31.7 Å². The molecule has 1 saturated heterocycles. The van der Waals surface area contributed by atoms with Gasteiger partial charge in [0.05, 0.1) is 11.8 Å². The number of carbonyl (C=O) groups excluding carboxylic acids is 3. The van der Waals surface area contributed by atoms with Gasteiger partial charge in [0.2, 0.25) is 17.1 Å².